The number of amides is 1. The van der Waals surface area contributed by atoms with E-state index in [1.807, 2.05) is 0 Å². The minimum absolute atomic E-state index is 0.251. The van der Waals surface area contributed by atoms with Gasteiger partial charge in [-0.15, -0.1) is 11.6 Å². The molecule has 1 N–H and O–H groups in total. The van der Waals surface area contributed by atoms with Gasteiger partial charge in [-0.1, -0.05) is 12.1 Å². The first-order valence-electron chi connectivity index (χ1n) is 5.01. The molecule has 0 aliphatic rings. The van der Waals surface area contributed by atoms with Crippen molar-refractivity contribution >= 4 is 27.3 Å². The van der Waals surface area contributed by atoms with Crippen LogP contribution in [0.3, 0.4) is 0 Å². The molecule has 1 rings (SSSR count). The summed E-state index contributed by atoms with van der Waals surface area (Å²) in [5, 5.41) is 2.06. The van der Waals surface area contributed by atoms with Gasteiger partial charge in [-0.05, 0) is 24.6 Å². The molecule has 1 unspecified atom stereocenters. The zero-order valence-electron chi connectivity index (χ0n) is 9.60. The predicted molar refractivity (Wildman–Crippen MR) is 66.7 cm³/mol. The second kappa shape index (κ2) is 5.51. The third-order valence-electron chi connectivity index (χ3n) is 2.18. The van der Waals surface area contributed by atoms with Crippen LogP contribution in [0.25, 0.3) is 0 Å². The van der Waals surface area contributed by atoms with Gasteiger partial charge in [0.15, 0.2) is 9.84 Å². The lowest BCUT2D eigenvalue weighted by Gasteiger charge is -2.07. The average molecular weight is 276 g/mol. The Hall–Kier alpha value is -1.07. The summed E-state index contributed by atoms with van der Waals surface area (Å²) < 4.78 is 22.4. The number of carbonyl (C=O) groups excluding carboxylic acids is 1. The minimum Gasteiger partial charge on any atom is -0.351 e. The average Bonchev–Trinajstić information content (AvgIpc) is 2.25. The van der Waals surface area contributed by atoms with E-state index >= 15 is 0 Å². The summed E-state index contributed by atoms with van der Waals surface area (Å²) in [7, 11) is -3.17. The number of alkyl halides is 1. The maximum Gasteiger partial charge on any atom is 0.238 e. The molecule has 1 aromatic rings. The fourth-order valence-corrected chi connectivity index (χ4v) is 1.89. The lowest BCUT2D eigenvalue weighted by molar-refractivity contribution is -0.120. The molecule has 0 heterocycles. The molecule has 4 nitrogen and oxygen atoms in total. The standard InChI is InChI=1S/C11H14ClNO3S/c1-8(12)11(14)13-7-9-3-5-10(6-4-9)17(2,15)16/h3-6,8H,7H2,1-2H3,(H,13,14). The zero-order chi connectivity index (χ0) is 13.1. The molecule has 0 aliphatic heterocycles. The van der Waals surface area contributed by atoms with E-state index in [9.17, 15) is 13.2 Å². The molecule has 0 saturated heterocycles. The highest BCUT2D eigenvalue weighted by Crippen LogP contribution is 2.10. The highest BCUT2D eigenvalue weighted by molar-refractivity contribution is 7.90. The van der Waals surface area contributed by atoms with Crippen LogP contribution in [-0.2, 0) is 21.2 Å². The number of hydrogen-bond donors (Lipinski definition) is 1. The van der Waals surface area contributed by atoms with Crippen LogP contribution in [-0.4, -0.2) is 26.0 Å². The highest BCUT2D eigenvalue weighted by atomic mass is 35.5. The molecule has 6 heteroatoms. The van der Waals surface area contributed by atoms with Crippen molar-refractivity contribution in [1.29, 1.82) is 0 Å². The van der Waals surface area contributed by atoms with E-state index < -0.39 is 15.2 Å². The van der Waals surface area contributed by atoms with E-state index in [0.717, 1.165) is 11.8 Å². The summed E-state index contributed by atoms with van der Waals surface area (Å²) in [4.78, 5) is 11.5. The summed E-state index contributed by atoms with van der Waals surface area (Å²) in [5.41, 5.74) is 0.822. The van der Waals surface area contributed by atoms with Crippen molar-refractivity contribution in [3.63, 3.8) is 0 Å². The van der Waals surface area contributed by atoms with Crippen molar-refractivity contribution in [1.82, 2.24) is 5.32 Å². The van der Waals surface area contributed by atoms with Crippen molar-refractivity contribution in [2.75, 3.05) is 6.26 Å². The van der Waals surface area contributed by atoms with Gasteiger partial charge < -0.3 is 5.32 Å². The van der Waals surface area contributed by atoms with Gasteiger partial charge in [-0.2, -0.15) is 0 Å². The van der Waals surface area contributed by atoms with Crippen molar-refractivity contribution in [2.45, 2.75) is 23.7 Å². The molecular weight excluding hydrogens is 262 g/mol. The third-order valence-corrected chi connectivity index (χ3v) is 3.51. The fraction of sp³-hybridized carbons (Fsp3) is 0.364. The van der Waals surface area contributed by atoms with Crippen LogP contribution in [0, 0.1) is 0 Å². The van der Waals surface area contributed by atoms with Crippen LogP contribution in [0.15, 0.2) is 29.2 Å². The first-order valence-corrected chi connectivity index (χ1v) is 7.34. The van der Waals surface area contributed by atoms with Crippen LogP contribution < -0.4 is 5.32 Å². The molecule has 94 valence electrons. The molecule has 1 amide bonds. The molecule has 0 aromatic heterocycles. The van der Waals surface area contributed by atoms with E-state index in [1.54, 1.807) is 19.1 Å². The van der Waals surface area contributed by atoms with Crippen LogP contribution in [0.4, 0.5) is 0 Å². The summed E-state index contributed by atoms with van der Waals surface area (Å²) in [6.07, 6.45) is 1.15. The van der Waals surface area contributed by atoms with E-state index in [2.05, 4.69) is 5.32 Å². The Morgan fingerprint density at radius 2 is 1.88 bits per heavy atom. The molecule has 0 bridgehead atoms. The Kier molecular flexibility index (Phi) is 4.54. The van der Waals surface area contributed by atoms with E-state index in [0.29, 0.717) is 6.54 Å². The van der Waals surface area contributed by atoms with Gasteiger partial charge in [0.25, 0.3) is 0 Å². The predicted octanol–water partition coefficient (Wildman–Crippen LogP) is 1.33. The second-order valence-electron chi connectivity index (χ2n) is 3.75. The molecule has 0 fully saturated rings. The first-order chi connectivity index (χ1) is 7.80. The van der Waals surface area contributed by atoms with Gasteiger partial charge in [0.2, 0.25) is 5.91 Å². The minimum atomic E-state index is -3.17. The Balaban J connectivity index is 2.67. The largest absolute Gasteiger partial charge is 0.351 e. The van der Waals surface area contributed by atoms with Crippen LogP contribution in [0.5, 0.6) is 0 Å². The maximum atomic E-state index is 11.2. The Bertz CT molecular complexity index is 494. The van der Waals surface area contributed by atoms with Gasteiger partial charge in [-0.3, -0.25) is 4.79 Å². The summed E-state index contributed by atoms with van der Waals surface area (Å²) >= 11 is 5.59. The Labute approximate surface area is 106 Å². The smallest absolute Gasteiger partial charge is 0.238 e. The van der Waals surface area contributed by atoms with Crippen molar-refractivity contribution in [2.24, 2.45) is 0 Å². The first kappa shape index (κ1) is 14.0. The van der Waals surface area contributed by atoms with Gasteiger partial charge in [0.05, 0.1) is 4.90 Å². The van der Waals surface area contributed by atoms with Crippen LogP contribution in [0.1, 0.15) is 12.5 Å². The third kappa shape index (κ3) is 4.36. The highest BCUT2D eigenvalue weighted by Gasteiger charge is 2.09. The van der Waals surface area contributed by atoms with E-state index in [-0.39, 0.29) is 10.8 Å². The molecule has 0 spiro atoms. The fourth-order valence-electron chi connectivity index (χ4n) is 1.18. The molecular formula is C11H14ClNO3S. The number of halogens is 1. The second-order valence-corrected chi connectivity index (χ2v) is 6.42. The lowest BCUT2D eigenvalue weighted by atomic mass is 10.2. The van der Waals surface area contributed by atoms with Crippen LogP contribution in [0.2, 0.25) is 0 Å². The van der Waals surface area contributed by atoms with Gasteiger partial charge in [0, 0.05) is 12.8 Å². The van der Waals surface area contributed by atoms with E-state index in [4.69, 9.17) is 11.6 Å². The Morgan fingerprint density at radius 3 is 2.29 bits per heavy atom. The van der Waals surface area contributed by atoms with Gasteiger partial charge in [-0.25, -0.2) is 8.42 Å². The number of sulfone groups is 1. The maximum absolute atomic E-state index is 11.2. The quantitative estimate of drug-likeness (QED) is 0.844. The van der Waals surface area contributed by atoms with E-state index in [1.165, 1.54) is 12.1 Å². The normalized spacial score (nSPS) is 13.1. The lowest BCUT2D eigenvalue weighted by Crippen LogP contribution is -2.28. The van der Waals surface area contributed by atoms with Gasteiger partial charge in [0.1, 0.15) is 5.38 Å². The molecule has 0 radical (unpaired) electrons. The summed E-state index contributed by atoms with van der Waals surface area (Å²) in [5.74, 6) is -0.251. The molecule has 1 aromatic carbocycles. The zero-order valence-corrected chi connectivity index (χ0v) is 11.2. The van der Waals surface area contributed by atoms with Crippen molar-refractivity contribution in [3.05, 3.63) is 29.8 Å². The number of hydrogen-bond acceptors (Lipinski definition) is 3. The number of benzene rings is 1. The molecule has 0 aliphatic carbocycles. The molecule has 1 atom stereocenters. The number of nitrogens with one attached hydrogen (secondary N) is 1. The van der Waals surface area contributed by atoms with Crippen molar-refractivity contribution in [3.8, 4) is 0 Å². The SMILES string of the molecule is CC(Cl)C(=O)NCc1ccc(S(C)(=O)=O)cc1. The molecule has 17 heavy (non-hydrogen) atoms. The topological polar surface area (TPSA) is 63.2 Å². The number of rotatable bonds is 4. The summed E-state index contributed by atoms with van der Waals surface area (Å²) in [6.45, 7) is 1.92. The van der Waals surface area contributed by atoms with Crippen LogP contribution >= 0.6 is 11.6 Å². The summed E-state index contributed by atoms with van der Waals surface area (Å²) in [6, 6.07) is 6.35. The van der Waals surface area contributed by atoms with Crippen molar-refractivity contribution < 1.29 is 13.2 Å². The Morgan fingerprint density at radius 1 is 1.35 bits per heavy atom. The molecule has 0 saturated carbocycles. The monoisotopic (exact) mass is 275 g/mol. The number of carbonyl (C=O) groups is 1. The van der Waals surface area contributed by atoms with Gasteiger partial charge >= 0.3 is 0 Å².